The van der Waals surface area contributed by atoms with Crippen molar-refractivity contribution < 1.29 is 4.79 Å². The number of nitrogens with zero attached hydrogens (tertiary/aromatic N) is 3. The fraction of sp³-hybridized carbons (Fsp3) is 0.484. The van der Waals surface area contributed by atoms with E-state index in [1.54, 1.807) is 4.57 Å². The lowest BCUT2D eigenvalue weighted by molar-refractivity contribution is -0.138. The number of hydrogen-bond donors (Lipinski definition) is 0. The van der Waals surface area contributed by atoms with Gasteiger partial charge in [-0.05, 0) is 61.9 Å². The summed E-state index contributed by atoms with van der Waals surface area (Å²) in [6.07, 6.45) is 9.06. The zero-order valence-electron chi connectivity index (χ0n) is 21.6. The third kappa shape index (κ3) is 5.41. The fourth-order valence-electron chi connectivity index (χ4n) is 6.19. The summed E-state index contributed by atoms with van der Waals surface area (Å²) in [4.78, 5) is 32.0. The molecule has 5 nitrogen and oxygen atoms in total. The number of benzene rings is 2. The Bertz CT molecular complexity index is 1220. The molecular weight excluding hydrogens is 446 g/mol. The van der Waals surface area contributed by atoms with Gasteiger partial charge in [0.15, 0.2) is 0 Å². The van der Waals surface area contributed by atoms with Crippen molar-refractivity contribution >= 4 is 16.8 Å². The highest BCUT2D eigenvalue weighted by molar-refractivity contribution is 5.81. The summed E-state index contributed by atoms with van der Waals surface area (Å²) in [5, 5.41) is 1.04. The molecule has 190 valence electrons. The maximum atomic E-state index is 14.0. The van der Waals surface area contributed by atoms with Gasteiger partial charge in [-0.3, -0.25) is 14.5 Å². The summed E-state index contributed by atoms with van der Waals surface area (Å²) in [6, 6.07) is 20.8. The number of hydrogen-bond acceptors (Lipinski definition) is 3. The largest absolute Gasteiger partial charge is 0.336 e. The molecule has 0 radical (unpaired) electrons. The van der Waals surface area contributed by atoms with Gasteiger partial charge in [-0.1, -0.05) is 74.2 Å². The normalized spacial score (nSPS) is 18.2. The number of likely N-dealkylation sites (tertiary alicyclic amines) is 1. The summed E-state index contributed by atoms with van der Waals surface area (Å²) in [5.41, 5.74) is 2.87. The van der Waals surface area contributed by atoms with Gasteiger partial charge in [0.2, 0.25) is 5.91 Å². The van der Waals surface area contributed by atoms with Gasteiger partial charge in [0.05, 0.1) is 18.1 Å². The van der Waals surface area contributed by atoms with Crippen molar-refractivity contribution in [2.24, 2.45) is 13.0 Å². The van der Waals surface area contributed by atoms with Gasteiger partial charge < -0.3 is 9.47 Å². The predicted octanol–water partition coefficient (Wildman–Crippen LogP) is 5.67. The van der Waals surface area contributed by atoms with Crippen LogP contribution in [0.25, 0.3) is 10.9 Å². The van der Waals surface area contributed by atoms with Gasteiger partial charge in [0, 0.05) is 25.1 Å². The first-order valence-corrected chi connectivity index (χ1v) is 13.8. The number of rotatable bonds is 7. The monoisotopic (exact) mass is 485 g/mol. The van der Waals surface area contributed by atoms with E-state index in [0.29, 0.717) is 18.7 Å². The minimum atomic E-state index is -0.00984. The maximum absolute atomic E-state index is 14.0. The van der Waals surface area contributed by atoms with Gasteiger partial charge >= 0.3 is 0 Å². The fourth-order valence-corrected chi connectivity index (χ4v) is 6.19. The van der Waals surface area contributed by atoms with Gasteiger partial charge in [0.1, 0.15) is 0 Å². The summed E-state index contributed by atoms with van der Waals surface area (Å²) in [7, 11) is 1.84. The maximum Gasteiger partial charge on any atom is 0.255 e. The van der Waals surface area contributed by atoms with Gasteiger partial charge in [-0.25, -0.2) is 0 Å². The molecule has 0 spiro atoms. The van der Waals surface area contributed by atoms with Crippen LogP contribution in [0.5, 0.6) is 0 Å². The van der Waals surface area contributed by atoms with Crippen LogP contribution in [0.4, 0.5) is 0 Å². The van der Waals surface area contributed by atoms with Crippen LogP contribution in [0.1, 0.15) is 68.5 Å². The minimum Gasteiger partial charge on any atom is -0.336 e. The van der Waals surface area contributed by atoms with E-state index in [-0.39, 0.29) is 23.4 Å². The van der Waals surface area contributed by atoms with Crippen molar-refractivity contribution in [3.63, 3.8) is 0 Å². The number of piperidine rings is 1. The van der Waals surface area contributed by atoms with Gasteiger partial charge in [0.25, 0.3) is 5.56 Å². The molecule has 3 aromatic rings. The average Bonchev–Trinajstić information content (AvgIpc) is 2.94. The first-order chi connectivity index (χ1) is 17.6. The smallest absolute Gasteiger partial charge is 0.255 e. The topological polar surface area (TPSA) is 45.6 Å². The van der Waals surface area contributed by atoms with E-state index < -0.39 is 0 Å². The first-order valence-electron chi connectivity index (χ1n) is 13.8. The Labute approximate surface area is 214 Å². The molecule has 36 heavy (non-hydrogen) atoms. The average molecular weight is 486 g/mol. The van der Waals surface area contributed by atoms with E-state index in [1.807, 2.05) is 42.3 Å². The van der Waals surface area contributed by atoms with Crippen molar-refractivity contribution in [3.8, 4) is 0 Å². The van der Waals surface area contributed by atoms with Crippen molar-refractivity contribution in [1.82, 2.24) is 14.4 Å². The number of aryl methyl sites for hydroxylation is 1. The standard InChI is InChI=1S/C31H39N3O2/c1-32-28-18-10-9-17-26(28)21-27(30(32)35)22-34(31(36)25-15-7-3-8-16-25)23-29(24-13-5-2-6-14-24)33-19-11-4-12-20-33/h2,5-6,9-10,13-14,17-18,21,25,29H,3-4,7-8,11-12,15-16,19-20,22-23H2,1H3. The number of fused-ring (bicyclic) bond motifs is 1. The van der Waals surface area contributed by atoms with Crippen LogP contribution in [0, 0.1) is 5.92 Å². The highest BCUT2D eigenvalue weighted by atomic mass is 16.2. The molecule has 1 atom stereocenters. The van der Waals surface area contributed by atoms with E-state index >= 15 is 0 Å². The molecule has 2 fully saturated rings. The molecule has 1 amide bonds. The molecule has 1 aromatic heterocycles. The number of aromatic nitrogens is 1. The molecule has 0 N–H and O–H groups in total. The molecule has 2 aliphatic rings. The summed E-state index contributed by atoms with van der Waals surface area (Å²) in [5.74, 6) is 0.295. The minimum absolute atomic E-state index is 0.00984. The molecule has 5 rings (SSSR count). The number of pyridine rings is 1. The second-order valence-corrected chi connectivity index (χ2v) is 10.7. The molecule has 2 heterocycles. The molecule has 1 aliphatic carbocycles. The zero-order chi connectivity index (χ0) is 24.9. The number of para-hydroxylation sites is 1. The predicted molar refractivity (Wildman–Crippen MR) is 146 cm³/mol. The molecule has 1 saturated heterocycles. The van der Waals surface area contributed by atoms with Crippen molar-refractivity contribution in [1.29, 1.82) is 0 Å². The van der Waals surface area contributed by atoms with E-state index in [2.05, 4.69) is 35.2 Å². The van der Waals surface area contributed by atoms with Crippen LogP contribution >= 0.6 is 0 Å². The molecular formula is C31H39N3O2. The van der Waals surface area contributed by atoms with E-state index in [1.165, 1.54) is 31.2 Å². The Kier molecular flexibility index (Phi) is 7.86. The molecule has 1 aliphatic heterocycles. The molecule has 0 bridgehead atoms. The quantitative estimate of drug-likeness (QED) is 0.433. The third-order valence-electron chi connectivity index (χ3n) is 8.24. The first kappa shape index (κ1) is 24.8. The second-order valence-electron chi connectivity index (χ2n) is 10.7. The van der Waals surface area contributed by atoms with Crippen LogP contribution in [-0.2, 0) is 18.4 Å². The molecule has 5 heteroatoms. The van der Waals surface area contributed by atoms with Crippen molar-refractivity contribution in [2.45, 2.75) is 64.0 Å². The van der Waals surface area contributed by atoms with Crippen LogP contribution in [0.3, 0.4) is 0 Å². The second kappa shape index (κ2) is 11.4. The van der Waals surface area contributed by atoms with Crippen LogP contribution in [0.15, 0.2) is 65.5 Å². The van der Waals surface area contributed by atoms with Gasteiger partial charge in [-0.15, -0.1) is 0 Å². The third-order valence-corrected chi connectivity index (χ3v) is 8.24. The Morgan fingerprint density at radius 1 is 0.917 bits per heavy atom. The van der Waals surface area contributed by atoms with E-state index in [4.69, 9.17) is 0 Å². The van der Waals surface area contributed by atoms with E-state index in [9.17, 15) is 9.59 Å². The summed E-state index contributed by atoms with van der Waals surface area (Å²) >= 11 is 0. The van der Waals surface area contributed by atoms with Gasteiger partial charge in [-0.2, -0.15) is 0 Å². The van der Waals surface area contributed by atoms with Crippen molar-refractivity contribution in [2.75, 3.05) is 19.6 Å². The molecule has 2 aromatic carbocycles. The lowest BCUT2D eigenvalue weighted by Gasteiger charge is -2.39. The van der Waals surface area contributed by atoms with Crippen LogP contribution in [-0.4, -0.2) is 39.9 Å². The Hall–Kier alpha value is -2.92. The Balaban J connectivity index is 1.50. The van der Waals surface area contributed by atoms with Crippen molar-refractivity contribution in [3.05, 3.63) is 82.1 Å². The number of carbonyl (C=O) groups is 1. The number of carbonyl (C=O) groups excluding carboxylic acids is 1. The Morgan fingerprint density at radius 3 is 2.33 bits per heavy atom. The highest BCUT2D eigenvalue weighted by Crippen LogP contribution is 2.30. The lowest BCUT2D eigenvalue weighted by atomic mass is 9.88. The lowest BCUT2D eigenvalue weighted by Crippen LogP contribution is -2.45. The molecule has 1 unspecified atom stereocenters. The number of amides is 1. The Morgan fingerprint density at radius 2 is 1.58 bits per heavy atom. The summed E-state index contributed by atoms with van der Waals surface area (Å²) in [6.45, 7) is 3.10. The molecule has 1 saturated carbocycles. The summed E-state index contributed by atoms with van der Waals surface area (Å²) < 4.78 is 1.73. The SMILES string of the molecule is Cn1c(=O)c(CN(CC(c2ccccc2)N2CCCCC2)C(=O)C2CCCCC2)cc2ccccc21. The highest BCUT2D eigenvalue weighted by Gasteiger charge is 2.31. The zero-order valence-corrected chi connectivity index (χ0v) is 21.6. The van der Waals surface area contributed by atoms with E-state index in [0.717, 1.165) is 49.7 Å². The van der Waals surface area contributed by atoms with Crippen LogP contribution < -0.4 is 5.56 Å². The van der Waals surface area contributed by atoms with Crippen LogP contribution in [0.2, 0.25) is 0 Å².